The van der Waals surface area contributed by atoms with Gasteiger partial charge in [0.15, 0.2) is 9.84 Å². The first kappa shape index (κ1) is 17.7. The van der Waals surface area contributed by atoms with Gasteiger partial charge in [-0.1, -0.05) is 6.92 Å². The molecule has 0 aliphatic heterocycles. The molecule has 0 fully saturated rings. The lowest BCUT2D eigenvalue weighted by atomic mass is 10.3. The summed E-state index contributed by atoms with van der Waals surface area (Å²) < 4.78 is 29.3. The normalized spacial score (nSPS) is 11.4. The number of carbonyl (C=O) groups excluding carboxylic acids is 1. The fraction of sp³-hybridized carbons (Fsp3) is 0.583. The molecule has 120 valence electrons. The van der Waals surface area contributed by atoms with Crippen LogP contribution in [0, 0.1) is 0 Å². The molecule has 0 atom stereocenters. The Morgan fingerprint density at radius 3 is 2.57 bits per heavy atom. The molecule has 0 saturated carbocycles. The van der Waals surface area contributed by atoms with Crippen LogP contribution in [0.2, 0.25) is 0 Å². The predicted molar refractivity (Wildman–Crippen MR) is 84.8 cm³/mol. The van der Waals surface area contributed by atoms with E-state index < -0.39 is 9.84 Å². The van der Waals surface area contributed by atoms with Gasteiger partial charge in [-0.3, -0.25) is 4.79 Å². The Hall–Kier alpha value is -1.32. The maximum atomic E-state index is 12.2. The van der Waals surface area contributed by atoms with Gasteiger partial charge in [-0.25, -0.2) is 8.42 Å². The number of amides is 1. The maximum absolute atomic E-state index is 12.2. The summed E-state index contributed by atoms with van der Waals surface area (Å²) in [6, 6.07) is 0. The Morgan fingerprint density at radius 2 is 2.05 bits per heavy atom. The van der Waals surface area contributed by atoms with Crippen LogP contribution in [-0.2, 0) is 14.6 Å². The van der Waals surface area contributed by atoms with Crippen LogP contribution >= 0.6 is 11.3 Å². The summed E-state index contributed by atoms with van der Waals surface area (Å²) in [5, 5.41) is 5.97. The highest BCUT2D eigenvalue weighted by Crippen LogP contribution is 2.39. The number of rotatable bonds is 8. The predicted octanol–water partition coefficient (Wildman–Crippen LogP) is 0.932. The number of nitrogen functional groups attached to an aromatic ring is 1. The minimum absolute atomic E-state index is 0.00681. The molecular weight excluding hydrogens is 314 g/mol. The van der Waals surface area contributed by atoms with Gasteiger partial charge in [0.25, 0.3) is 5.91 Å². The molecule has 1 aromatic rings. The number of carbonyl (C=O) groups is 1. The monoisotopic (exact) mass is 335 g/mol. The molecule has 1 heterocycles. The van der Waals surface area contributed by atoms with Crippen LogP contribution in [0.1, 0.15) is 23.5 Å². The number of methoxy groups -OCH3 is 1. The van der Waals surface area contributed by atoms with Crippen LogP contribution in [0.4, 0.5) is 10.7 Å². The summed E-state index contributed by atoms with van der Waals surface area (Å²) in [6.07, 6.45) is 0. The number of hydrogen-bond acceptors (Lipinski definition) is 7. The van der Waals surface area contributed by atoms with Crippen molar-refractivity contribution in [3.8, 4) is 0 Å². The van der Waals surface area contributed by atoms with Gasteiger partial charge in [0.05, 0.1) is 18.0 Å². The minimum Gasteiger partial charge on any atom is -0.396 e. The Morgan fingerprint density at radius 1 is 1.38 bits per heavy atom. The lowest BCUT2D eigenvalue weighted by molar-refractivity contribution is 0.0960. The summed E-state index contributed by atoms with van der Waals surface area (Å²) in [4.78, 5) is 12.2. The molecule has 1 amide bonds. The highest BCUT2D eigenvalue weighted by Gasteiger charge is 2.28. The van der Waals surface area contributed by atoms with E-state index in [9.17, 15) is 13.2 Å². The van der Waals surface area contributed by atoms with Crippen LogP contribution in [0.15, 0.2) is 4.90 Å². The topological polar surface area (TPSA) is 111 Å². The zero-order chi connectivity index (χ0) is 16.0. The van der Waals surface area contributed by atoms with Gasteiger partial charge in [0.1, 0.15) is 14.8 Å². The SMILES string of the molecule is CCNC(=O)c1sc(NCCOC)c(S(=O)(=O)CC)c1N. The number of anilines is 2. The van der Waals surface area contributed by atoms with E-state index >= 15 is 0 Å². The zero-order valence-electron chi connectivity index (χ0n) is 12.4. The van der Waals surface area contributed by atoms with E-state index in [1.54, 1.807) is 14.0 Å². The van der Waals surface area contributed by atoms with E-state index in [0.29, 0.717) is 24.7 Å². The van der Waals surface area contributed by atoms with Gasteiger partial charge in [-0.2, -0.15) is 0 Å². The molecule has 7 nitrogen and oxygen atoms in total. The lowest BCUT2D eigenvalue weighted by Crippen LogP contribution is -2.22. The first-order valence-electron chi connectivity index (χ1n) is 6.55. The van der Waals surface area contributed by atoms with E-state index in [1.165, 1.54) is 6.92 Å². The molecule has 9 heteroatoms. The second-order valence-corrected chi connectivity index (χ2v) is 7.42. The number of nitrogens with two attached hydrogens (primary N) is 1. The average molecular weight is 335 g/mol. The molecule has 0 aliphatic rings. The summed E-state index contributed by atoms with van der Waals surface area (Å²) in [5.74, 6) is -0.450. The molecule has 4 N–H and O–H groups in total. The van der Waals surface area contributed by atoms with Crippen LogP contribution in [0.25, 0.3) is 0 Å². The molecule has 0 saturated heterocycles. The molecule has 1 rings (SSSR count). The van der Waals surface area contributed by atoms with Crippen molar-refractivity contribution in [2.75, 3.05) is 43.6 Å². The van der Waals surface area contributed by atoms with E-state index in [1.807, 2.05) is 0 Å². The second-order valence-electron chi connectivity index (χ2n) is 4.19. The Kier molecular flexibility index (Phi) is 6.43. The molecule has 1 aromatic heterocycles. The molecular formula is C12H21N3O4S2. The van der Waals surface area contributed by atoms with Crippen molar-refractivity contribution in [2.45, 2.75) is 18.7 Å². The highest BCUT2D eigenvalue weighted by molar-refractivity contribution is 7.91. The van der Waals surface area contributed by atoms with Gasteiger partial charge in [0, 0.05) is 20.2 Å². The summed E-state index contributed by atoms with van der Waals surface area (Å²) in [6.45, 7) is 4.61. The van der Waals surface area contributed by atoms with Crippen molar-refractivity contribution < 1.29 is 17.9 Å². The average Bonchev–Trinajstić information content (AvgIpc) is 2.77. The van der Waals surface area contributed by atoms with Crippen LogP contribution < -0.4 is 16.4 Å². The third-order valence-electron chi connectivity index (χ3n) is 2.73. The summed E-state index contributed by atoms with van der Waals surface area (Å²) in [5.41, 5.74) is 5.91. The Balaban J connectivity index is 3.27. The quantitative estimate of drug-likeness (QED) is 0.610. The van der Waals surface area contributed by atoms with Crippen LogP contribution in [0.5, 0.6) is 0 Å². The summed E-state index contributed by atoms with van der Waals surface area (Å²) in [7, 11) is -1.97. The number of thiophene rings is 1. The first-order chi connectivity index (χ1) is 9.88. The fourth-order valence-electron chi connectivity index (χ4n) is 1.67. The minimum atomic E-state index is -3.52. The second kappa shape index (κ2) is 7.62. The number of hydrogen-bond donors (Lipinski definition) is 3. The van der Waals surface area contributed by atoms with Crippen molar-refractivity contribution in [1.29, 1.82) is 0 Å². The van der Waals surface area contributed by atoms with Gasteiger partial charge in [-0.15, -0.1) is 11.3 Å². The van der Waals surface area contributed by atoms with Crippen molar-refractivity contribution in [3.05, 3.63) is 4.88 Å². The third-order valence-corrected chi connectivity index (χ3v) is 5.82. The molecule has 0 aromatic carbocycles. The highest BCUT2D eigenvalue weighted by atomic mass is 32.2. The molecule has 0 bridgehead atoms. The third kappa shape index (κ3) is 4.08. The van der Waals surface area contributed by atoms with Crippen LogP contribution in [0.3, 0.4) is 0 Å². The van der Waals surface area contributed by atoms with Crippen molar-refractivity contribution >= 4 is 37.8 Å². The molecule has 0 aliphatic carbocycles. The maximum Gasteiger partial charge on any atom is 0.263 e. The van der Waals surface area contributed by atoms with Gasteiger partial charge < -0.3 is 21.1 Å². The van der Waals surface area contributed by atoms with E-state index in [-0.39, 0.29) is 27.1 Å². The van der Waals surface area contributed by atoms with Gasteiger partial charge >= 0.3 is 0 Å². The van der Waals surface area contributed by atoms with E-state index in [0.717, 1.165) is 11.3 Å². The largest absolute Gasteiger partial charge is 0.396 e. The van der Waals surface area contributed by atoms with Crippen molar-refractivity contribution in [1.82, 2.24) is 5.32 Å². The van der Waals surface area contributed by atoms with E-state index in [4.69, 9.17) is 10.5 Å². The first-order valence-corrected chi connectivity index (χ1v) is 9.01. The number of nitrogens with one attached hydrogen (secondary N) is 2. The number of sulfone groups is 1. The molecule has 0 spiro atoms. The smallest absolute Gasteiger partial charge is 0.263 e. The van der Waals surface area contributed by atoms with E-state index in [2.05, 4.69) is 10.6 Å². The lowest BCUT2D eigenvalue weighted by Gasteiger charge is -2.07. The standard InChI is InChI=1S/C12H21N3O4S2/c1-4-14-11(16)9-8(13)10(21(17,18)5-2)12(20-9)15-6-7-19-3/h15H,4-7,13H2,1-3H3,(H,14,16). The van der Waals surface area contributed by atoms with Crippen molar-refractivity contribution in [2.24, 2.45) is 0 Å². The Bertz CT molecular complexity index is 596. The van der Waals surface area contributed by atoms with Gasteiger partial charge in [0.2, 0.25) is 0 Å². The molecule has 21 heavy (non-hydrogen) atoms. The zero-order valence-corrected chi connectivity index (χ0v) is 14.0. The molecule has 0 unspecified atom stereocenters. The number of ether oxygens (including phenoxy) is 1. The van der Waals surface area contributed by atoms with Crippen molar-refractivity contribution in [3.63, 3.8) is 0 Å². The van der Waals surface area contributed by atoms with Crippen LogP contribution in [-0.4, -0.2) is 46.9 Å². The Labute approximate surface area is 128 Å². The van der Waals surface area contributed by atoms with Gasteiger partial charge in [-0.05, 0) is 6.92 Å². The fourth-order valence-corrected chi connectivity index (χ4v) is 4.28. The summed E-state index contributed by atoms with van der Waals surface area (Å²) >= 11 is 1.04. The molecule has 0 radical (unpaired) electrons.